The number of amides is 1. The van der Waals surface area contributed by atoms with Crippen LogP contribution in [0.1, 0.15) is 44.6 Å². The zero-order chi connectivity index (χ0) is 28.1. The lowest BCUT2D eigenvalue weighted by molar-refractivity contribution is -0.120. The van der Waals surface area contributed by atoms with E-state index in [9.17, 15) is 14.4 Å². The van der Waals surface area contributed by atoms with Gasteiger partial charge in [-0.25, -0.2) is 14.3 Å². The molecule has 12 heteroatoms. The molecule has 0 saturated carbocycles. The Morgan fingerprint density at radius 1 is 1.08 bits per heavy atom. The fourth-order valence-corrected chi connectivity index (χ4v) is 5.23. The van der Waals surface area contributed by atoms with Crippen LogP contribution < -0.4 is 10.1 Å². The number of hydrogen-bond acceptors (Lipinski definition) is 10. The Morgan fingerprint density at radius 3 is 2.51 bits per heavy atom. The van der Waals surface area contributed by atoms with Gasteiger partial charge in [0.1, 0.15) is 5.75 Å². The summed E-state index contributed by atoms with van der Waals surface area (Å²) in [5.74, 6) is -0.969. The van der Waals surface area contributed by atoms with E-state index >= 15 is 0 Å². The molecule has 2 aromatic carbocycles. The molecule has 1 aliphatic rings. The lowest BCUT2D eigenvalue weighted by Gasteiger charge is -2.24. The molecule has 1 aromatic heterocycles. The van der Waals surface area contributed by atoms with Gasteiger partial charge in [0, 0.05) is 23.7 Å². The first kappa shape index (κ1) is 28.1. The molecule has 1 N–H and O–H groups in total. The monoisotopic (exact) mass is 553 g/mol. The highest BCUT2D eigenvalue weighted by molar-refractivity contribution is 7.98. The number of ether oxygens (including phenoxy) is 3. The van der Waals surface area contributed by atoms with Gasteiger partial charge in [0.25, 0.3) is 0 Å². The van der Waals surface area contributed by atoms with E-state index in [4.69, 9.17) is 14.2 Å². The molecule has 1 fully saturated rings. The van der Waals surface area contributed by atoms with Crippen molar-refractivity contribution in [2.75, 3.05) is 39.4 Å². The van der Waals surface area contributed by atoms with Crippen molar-refractivity contribution in [3.63, 3.8) is 0 Å². The predicted molar refractivity (Wildman–Crippen MR) is 145 cm³/mol. The molecular formula is C27H31N5O6S. The van der Waals surface area contributed by atoms with Gasteiger partial charge in [-0.1, -0.05) is 23.4 Å². The van der Waals surface area contributed by atoms with Crippen molar-refractivity contribution in [1.29, 1.82) is 0 Å². The maximum atomic E-state index is 13.6. The minimum absolute atomic E-state index is 0.108. The molecule has 39 heavy (non-hydrogen) atoms. The molecule has 2 heterocycles. The zero-order valence-electron chi connectivity index (χ0n) is 22.5. The van der Waals surface area contributed by atoms with E-state index in [1.165, 1.54) is 18.9 Å². The van der Waals surface area contributed by atoms with Crippen LogP contribution in [0.2, 0.25) is 0 Å². The molecule has 1 amide bonds. The van der Waals surface area contributed by atoms with E-state index in [0.29, 0.717) is 25.2 Å². The molecule has 4 rings (SSSR count). The van der Waals surface area contributed by atoms with Crippen LogP contribution in [0, 0.1) is 6.92 Å². The van der Waals surface area contributed by atoms with Crippen molar-refractivity contribution in [1.82, 2.24) is 19.9 Å². The highest BCUT2D eigenvalue weighted by Crippen LogP contribution is 2.32. The van der Waals surface area contributed by atoms with E-state index in [2.05, 4.69) is 15.6 Å². The Hall–Kier alpha value is -3.90. The number of likely N-dealkylation sites (tertiary alicyclic amines) is 1. The summed E-state index contributed by atoms with van der Waals surface area (Å²) >= 11 is 1.59. The number of thioether (sulfide) groups is 1. The second kappa shape index (κ2) is 12.3. The van der Waals surface area contributed by atoms with Crippen LogP contribution in [0.4, 0.5) is 5.69 Å². The standard InChI is InChI=1S/C27H31N5O6S/c1-16-11-17(9-10-22(16)36-2)14-31-15-19(32-24(27(35)38-4)23(29-30-32)26(34)37-3)13-21(31)25(33)28-18-7-6-8-20(12-18)39-5/h6-12,19,21H,13-15H2,1-5H3,(H,28,33)/t19-,21-/m0/s1. The van der Waals surface area contributed by atoms with Gasteiger partial charge >= 0.3 is 11.9 Å². The first-order chi connectivity index (χ1) is 18.8. The van der Waals surface area contributed by atoms with Crippen LogP contribution in [0.3, 0.4) is 0 Å². The summed E-state index contributed by atoms with van der Waals surface area (Å²) in [6.45, 7) is 2.81. The number of rotatable bonds is 9. The van der Waals surface area contributed by atoms with Gasteiger partial charge in [-0.15, -0.1) is 16.9 Å². The summed E-state index contributed by atoms with van der Waals surface area (Å²) < 4.78 is 16.4. The molecule has 0 aliphatic carbocycles. The van der Waals surface area contributed by atoms with Crippen molar-refractivity contribution >= 4 is 35.3 Å². The summed E-state index contributed by atoms with van der Waals surface area (Å²) in [6.07, 6.45) is 2.30. The SMILES string of the molecule is COC(=O)c1nnn([C@H]2C[C@@H](C(=O)Nc3cccc(SC)c3)N(Cc3ccc(OC)c(C)c3)C2)c1C(=O)OC. The van der Waals surface area contributed by atoms with Crippen molar-refractivity contribution in [2.24, 2.45) is 0 Å². The summed E-state index contributed by atoms with van der Waals surface area (Å²) in [5.41, 5.74) is 2.33. The van der Waals surface area contributed by atoms with Crippen LogP contribution in [0.5, 0.6) is 5.75 Å². The smallest absolute Gasteiger partial charge is 0.361 e. The average molecular weight is 554 g/mol. The van der Waals surface area contributed by atoms with Gasteiger partial charge in [-0.05, 0) is 55.0 Å². The van der Waals surface area contributed by atoms with Gasteiger partial charge in [0.05, 0.1) is 33.4 Å². The van der Waals surface area contributed by atoms with E-state index < -0.39 is 24.0 Å². The third-order valence-corrected chi connectivity index (χ3v) is 7.39. The van der Waals surface area contributed by atoms with Gasteiger partial charge in [-0.2, -0.15) is 0 Å². The Bertz CT molecular complexity index is 1380. The number of esters is 2. The minimum atomic E-state index is -0.798. The molecule has 1 aliphatic heterocycles. The number of aryl methyl sites for hydroxylation is 1. The molecule has 0 bridgehead atoms. The first-order valence-corrected chi connectivity index (χ1v) is 13.5. The molecule has 0 unspecified atom stereocenters. The molecule has 2 atom stereocenters. The van der Waals surface area contributed by atoms with Crippen molar-refractivity contribution in [3.05, 3.63) is 65.0 Å². The van der Waals surface area contributed by atoms with Crippen LogP contribution in [0.25, 0.3) is 0 Å². The molecule has 0 radical (unpaired) electrons. The van der Waals surface area contributed by atoms with Gasteiger partial charge in [0.2, 0.25) is 11.6 Å². The Labute approximate surface area is 230 Å². The second-order valence-corrected chi connectivity index (χ2v) is 9.95. The molecule has 0 spiro atoms. The van der Waals surface area contributed by atoms with Gasteiger partial charge < -0.3 is 19.5 Å². The first-order valence-electron chi connectivity index (χ1n) is 12.2. The number of carbonyl (C=O) groups is 3. The molecule has 11 nitrogen and oxygen atoms in total. The highest BCUT2D eigenvalue weighted by Gasteiger charge is 2.41. The normalized spacial score (nSPS) is 17.1. The lowest BCUT2D eigenvalue weighted by atomic mass is 10.1. The van der Waals surface area contributed by atoms with Crippen molar-refractivity contribution in [3.8, 4) is 5.75 Å². The summed E-state index contributed by atoms with van der Waals surface area (Å²) in [7, 11) is 4.04. The van der Waals surface area contributed by atoms with E-state index in [1.807, 2.05) is 60.5 Å². The lowest BCUT2D eigenvalue weighted by Crippen LogP contribution is -2.39. The third kappa shape index (κ3) is 6.07. The van der Waals surface area contributed by atoms with Crippen LogP contribution in [-0.4, -0.2) is 77.9 Å². The van der Waals surface area contributed by atoms with Crippen LogP contribution in [0.15, 0.2) is 47.4 Å². The number of methoxy groups -OCH3 is 3. The number of aromatic nitrogens is 3. The number of hydrogen-bond donors (Lipinski definition) is 1. The summed E-state index contributed by atoms with van der Waals surface area (Å²) in [4.78, 5) is 41.6. The van der Waals surface area contributed by atoms with E-state index in [-0.39, 0.29) is 17.3 Å². The molecular weight excluding hydrogens is 522 g/mol. The Balaban J connectivity index is 1.66. The highest BCUT2D eigenvalue weighted by atomic mass is 32.2. The third-order valence-electron chi connectivity index (χ3n) is 6.66. The largest absolute Gasteiger partial charge is 0.496 e. The summed E-state index contributed by atoms with van der Waals surface area (Å²) in [5, 5.41) is 11.0. The van der Waals surface area contributed by atoms with E-state index in [0.717, 1.165) is 21.8 Å². The van der Waals surface area contributed by atoms with E-state index in [1.54, 1.807) is 18.9 Å². The number of benzene rings is 2. The Morgan fingerprint density at radius 2 is 1.85 bits per heavy atom. The quantitative estimate of drug-likeness (QED) is 0.312. The number of carbonyl (C=O) groups excluding carboxylic acids is 3. The fourth-order valence-electron chi connectivity index (χ4n) is 4.77. The van der Waals surface area contributed by atoms with Gasteiger partial charge in [0.15, 0.2) is 5.69 Å². The van der Waals surface area contributed by atoms with Gasteiger partial charge in [-0.3, -0.25) is 9.69 Å². The zero-order valence-corrected chi connectivity index (χ0v) is 23.3. The van der Waals surface area contributed by atoms with Crippen molar-refractivity contribution in [2.45, 2.75) is 36.9 Å². The maximum absolute atomic E-state index is 13.6. The summed E-state index contributed by atoms with van der Waals surface area (Å²) in [6, 6.07) is 12.5. The predicted octanol–water partition coefficient (Wildman–Crippen LogP) is 3.34. The number of nitrogens with zero attached hydrogens (tertiary/aromatic N) is 4. The molecule has 206 valence electrons. The second-order valence-electron chi connectivity index (χ2n) is 9.07. The molecule has 3 aromatic rings. The molecule has 1 saturated heterocycles. The minimum Gasteiger partial charge on any atom is -0.496 e. The topological polar surface area (TPSA) is 125 Å². The van der Waals surface area contributed by atoms with Crippen molar-refractivity contribution < 1.29 is 28.6 Å². The number of anilines is 1. The van der Waals surface area contributed by atoms with Crippen LogP contribution >= 0.6 is 11.8 Å². The van der Waals surface area contributed by atoms with Crippen LogP contribution in [-0.2, 0) is 20.8 Å². The fraction of sp³-hybridized carbons (Fsp3) is 0.370. The average Bonchev–Trinajstić information content (AvgIpc) is 3.57. The number of nitrogens with one attached hydrogen (secondary N) is 1. The Kier molecular flexibility index (Phi) is 8.87. The maximum Gasteiger partial charge on any atom is 0.361 e.